The fourth-order valence-corrected chi connectivity index (χ4v) is 18.4. The number of hydrogen-bond acceptors (Lipinski definition) is 29. The van der Waals surface area contributed by atoms with Gasteiger partial charge in [0.05, 0.1) is 67.9 Å². The van der Waals surface area contributed by atoms with Crippen LogP contribution in [-0.4, -0.2) is 103 Å². The molecule has 15 heterocycles. The Morgan fingerprint density at radius 2 is 0.664 bits per heavy atom. The van der Waals surface area contributed by atoms with Gasteiger partial charge in [0.25, 0.3) is 0 Å². The van der Waals surface area contributed by atoms with E-state index in [1.54, 1.807) is 199 Å². The SMILES string of the molecule is C.C.C.C.C.CS(=O)(=O)c1ccc(-c2coc3ccc(NCc4ccco4)nc23)cc1.CS(=O)(=O)c1ccc(-c2coc3ccc(NCc4cccs4)nc23)cc1.CS(=O)(=O)c1ccc(-c2coc3ccc(NCc4cccs4)nc23)cc1.CS(=O)(=O)c1ccc(-c2coc3ccc(NCc4ccoc4)nc23)cc1.CS(=O)(=O)c1ccc(-n2ccc3ccc(Nc4cccs4)nc32)cc1. The highest BCUT2D eigenvalue weighted by Gasteiger charge is 2.20. The van der Waals surface area contributed by atoms with Crippen LogP contribution < -0.4 is 26.6 Å². The molecular formula is C99H99N11O16S8. The predicted octanol–water partition coefficient (Wildman–Crippen LogP) is 24.8. The fourth-order valence-electron chi connectivity index (χ4n) is 13.4. The van der Waals surface area contributed by atoms with Crippen LogP contribution in [0.4, 0.5) is 34.1 Å². The van der Waals surface area contributed by atoms with Crippen molar-refractivity contribution >= 4 is 173 Å². The maximum Gasteiger partial charge on any atom is 0.175 e. The molecule has 0 unspecified atom stereocenters. The number of nitrogens with one attached hydrogen (secondary N) is 5. The van der Waals surface area contributed by atoms with E-state index in [1.165, 1.54) is 41.0 Å². The number of sulfone groups is 5. The minimum absolute atomic E-state index is 0. The Balaban J connectivity index is 0.000000160. The second-order valence-corrected chi connectivity index (χ2v) is 42.5. The Kier molecular flexibility index (Phi) is 32.7. The minimum atomic E-state index is -3.22. The third kappa shape index (κ3) is 24.8. The van der Waals surface area contributed by atoms with E-state index in [9.17, 15) is 42.1 Å². The lowest BCUT2D eigenvalue weighted by atomic mass is 10.1. The maximum absolute atomic E-state index is 11.6. The van der Waals surface area contributed by atoms with Crippen molar-refractivity contribution in [2.45, 2.75) is 87.8 Å². The Morgan fingerprint density at radius 1 is 0.313 bits per heavy atom. The summed E-state index contributed by atoms with van der Waals surface area (Å²) in [6.07, 6.45) is 19.4. The Morgan fingerprint density at radius 3 is 0.993 bits per heavy atom. The predicted molar refractivity (Wildman–Crippen MR) is 541 cm³/mol. The van der Waals surface area contributed by atoms with Gasteiger partial charge in [0.1, 0.15) is 87.6 Å². The number of anilines is 6. The summed E-state index contributed by atoms with van der Waals surface area (Å²) in [5.41, 5.74) is 15.0. The molecule has 5 N–H and O–H groups in total. The maximum atomic E-state index is 11.6. The van der Waals surface area contributed by atoms with Crippen LogP contribution in [0, 0.1) is 0 Å². The smallest absolute Gasteiger partial charge is 0.175 e. The molecule has 0 amide bonds. The monoisotopic (exact) mass is 1950 g/mol. The Labute approximate surface area is 790 Å². The summed E-state index contributed by atoms with van der Waals surface area (Å²) in [6.45, 7) is 2.56. The van der Waals surface area contributed by atoms with Crippen molar-refractivity contribution in [3.8, 4) is 50.2 Å². The molecule has 20 rings (SSSR count). The van der Waals surface area contributed by atoms with E-state index in [2.05, 4.69) is 58.7 Å². The first kappa shape index (κ1) is 101. The molecule has 0 spiro atoms. The first-order chi connectivity index (χ1) is 62.0. The number of hydrogen-bond donors (Lipinski definition) is 5. The molecule has 15 aromatic heterocycles. The van der Waals surface area contributed by atoms with E-state index < -0.39 is 49.2 Å². The van der Waals surface area contributed by atoms with Gasteiger partial charge in [0.2, 0.25) is 0 Å². The summed E-state index contributed by atoms with van der Waals surface area (Å²) in [4.78, 5) is 27.2. The molecule has 0 saturated heterocycles. The minimum Gasteiger partial charge on any atom is -0.472 e. The summed E-state index contributed by atoms with van der Waals surface area (Å²) in [6, 6.07) is 72.3. The quantitative estimate of drug-likeness (QED) is 0.0375. The normalized spacial score (nSPS) is 11.3. The molecule has 27 nitrogen and oxygen atoms in total. The number of benzene rings is 5. The average molecular weight is 1960 g/mol. The van der Waals surface area contributed by atoms with Gasteiger partial charge >= 0.3 is 0 Å². The number of rotatable bonds is 24. The van der Waals surface area contributed by atoms with Crippen LogP contribution in [0.15, 0.2) is 360 Å². The van der Waals surface area contributed by atoms with E-state index in [0.29, 0.717) is 85.9 Å². The molecule has 0 radical (unpaired) electrons. The molecule has 0 aliphatic rings. The van der Waals surface area contributed by atoms with Gasteiger partial charge in [-0.1, -0.05) is 97.8 Å². The number of furan rings is 6. The molecular weight excluding hydrogens is 1860 g/mol. The van der Waals surface area contributed by atoms with Gasteiger partial charge in [0, 0.05) is 92.7 Å². The highest BCUT2D eigenvalue weighted by atomic mass is 32.2. The van der Waals surface area contributed by atoms with E-state index in [4.69, 9.17) is 31.5 Å². The average Bonchev–Trinajstić information content (AvgIpc) is 1.66. The van der Waals surface area contributed by atoms with Crippen LogP contribution in [0.25, 0.3) is 106 Å². The zero-order chi connectivity index (χ0) is 90.0. The molecule has 694 valence electrons. The molecule has 0 fully saturated rings. The summed E-state index contributed by atoms with van der Waals surface area (Å²) in [5.74, 6) is 4.53. The van der Waals surface area contributed by atoms with Crippen LogP contribution in [-0.2, 0) is 75.4 Å². The second-order valence-electron chi connectivity index (χ2n) is 29.4. The van der Waals surface area contributed by atoms with Crippen LogP contribution in [0.2, 0.25) is 0 Å². The van der Waals surface area contributed by atoms with E-state index >= 15 is 0 Å². The van der Waals surface area contributed by atoms with Crippen LogP contribution >= 0.6 is 34.0 Å². The Bertz CT molecular complexity index is 7140. The van der Waals surface area contributed by atoms with Crippen molar-refractivity contribution in [1.82, 2.24) is 29.5 Å². The summed E-state index contributed by atoms with van der Waals surface area (Å²) >= 11 is 5.00. The van der Waals surface area contributed by atoms with Crippen molar-refractivity contribution in [2.24, 2.45) is 0 Å². The van der Waals surface area contributed by atoms with E-state index in [1.807, 2.05) is 136 Å². The lowest BCUT2D eigenvalue weighted by Crippen LogP contribution is -2.00. The van der Waals surface area contributed by atoms with Crippen LogP contribution in [0.5, 0.6) is 0 Å². The topological polar surface area (TPSA) is 379 Å². The summed E-state index contributed by atoms with van der Waals surface area (Å²) in [7, 11) is -16.1. The lowest BCUT2D eigenvalue weighted by molar-refractivity contribution is 0.518. The second kappa shape index (κ2) is 43.5. The van der Waals surface area contributed by atoms with Gasteiger partial charge in [-0.15, -0.1) is 34.0 Å². The first-order valence-corrected chi connectivity index (χ1v) is 51.5. The lowest BCUT2D eigenvalue weighted by Gasteiger charge is -2.08. The fraction of sp³-hybridized carbons (Fsp3) is 0.141. The van der Waals surface area contributed by atoms with Crippen molar-refractivity contribution in [2.75, 3.05) is 57.9 Å². The van der Waals surface area contributed by atoms with E-state index in [0.717, 1.165) is 106 Å². The number of pyridine rings is 5. The standard InChI is InChI=1S/2C19H16N2O4S.2C19H16N2O3S2.C18H15N3O2S2.5CH4/c1-26(22,23)15-4-2-14(3-5-15)16-12-25-17-6-7-18(21-19(16)17)20-10-13-8-9-24-11-13;1-26(22,23)15-6-4-13(5-7-15)16-12-25-17-8-9-18(21-19(16)17)20-11-14-3-2-10-24-14;2*1-26(22,23)15-6-4-13(5-7-15)16-12-24-17-8-9-18(21-19(16)17)20-11-14-3-2-10-25-14;1-25(22,23)15-7-5-14(6-8-15)21-11-10-13-4-9-16(20-18(13)21)19-17-3-2-12-24-17;;;;;/h2-9,11-12H,10H2,1H3,(H,20,21);3*2-10,12H,11H2,1H3,(H,20,21);2-12H,1H3,(H,19,20);5*1H4. The molecule has 134 heavy (non-hydrogen) atoms. The number of nitrogens with zero attached hydrogens (tertiary/aromatic N) is 6. The van der Waals surface area contributed by atoms with Gasteiger partial charge in [-0.3, -0.25) is 0 Å². The third-order valence-corrected chi connectivity index (χ3v) is 28.2. The van der Waals surface area contributed by atoms with Crippen molar-refractivity contribution < 1.29 is 68.6 Å². The highest BCUT2D eigenvalue weighted by Crippen LogP contribution is 2.37. The molecule has 5 aromatic carbocycles. The molecule has 20 aromatic rings. The van der Waals surface area contributed by atoms with Gasteiger partial charge in [-0.2, -0.15) is 0 Å². The molecule has 0 bridgehead atoms. The zero-order valence-electron chi connectivity index (χ0n) is 69.3. The summed E-state index contributed by atoms with van der Waals surface area (Å²) in [5, 5.41) is 24.5. The van der Waals surface area contributed by atoms with Crippen LogP contribution in [0.1, 0.15) is 58.2 Å². The molecule has 0 atom stereocenters. The number of aromatic nitrogens is 6. The van der Waals surface area contributed by atoms with Crippen LogP contribution in [0.3, 0.4) is 0 Å². The zero-order valence-corrected chi connectivity index (χ0v) is 75.8. The molecule has 35 heteroatoms. The number of fused-ring (bicyclic) bond motifs is 5. The highest BCUT2D eigenvalue weighted by molar-refractivity contribution is 7.91. The Hall–Kier alpha value is -14.0. The summed E-state index contributed by atoms with van der Waals surface area (Å²) < 4.78 is 151. The molecule has 0 saturated carbocycles. The number of thiophene rings is 3. The van der Waals surface area contributed by atoms with Gasteiger partial charge < -0.3 is 57.7 Å². The van der Waals surface area contributed by atoms with Gasteiger partial charge in [-0.05, 0) is 220 Å². The third-order valence-electron chi connectivity index (χ3n) is 20.0. The van der Waals surface area contributed by atoms with E-state index in [-0.39, 0.29) is 46.9 Å². The molecule has 0 aliphatic carbocycles. The molecule has 0 aliphatic heterocycles. The van der Waals surface area contributed by atoms with Crippen molar-refractivity contribution in [3.05, 3.63) is 330 Å². The van der Waals surface area contributed by atoms with Gasteiger partial charge in [0.15, 0.2) is 71.5 Å². The van der Waals surface area contributed by atoms with Crippen molar-refractivity contribution in [3.63, 3.8) is 0 Å². The largest absolute Gasteiger partial charge is 0.472 e. The van der Waals surface area contributed by atoms with Crippen molar-refractivity contribution in [1.29, 1.82) is 0 Å². The first-order valence-electron chi connectivity index (χ1n) is 39.4. The van der Waals surface area contributed by atoms with Gasteiger partial charge in [-0.25, -0.2) is 67.0 Å².